The third kappa shape index (κ3) is 6.88. The number of thioether (sulfide) groups is 1. The first-order chi connectivity index (χ1) is 14.5. The van der Waals surface area contributed by atoms with Crippen LogP contribution < -0.4 is 0 Å². The lowest BCUT2D eigenvalue weighted by atomic mass is 9.86. The Hall–Kier alpha value is -1.78. The van der Waals surface area contributed by atoms with Gasteiger partial charge in [-0.2, -0.15) is 5.10 Å². The number of hydrogen-bond acceptors (Lipinski definition) is 4. The Labute approximate surface area is 186 Å². The second-order valence-corrected chi connectivity index (χ2v) is 10.4. The molecule has 3 nitrogen and oxygen atoms in total. The normalized spacial score (nSPS) is 18.3. The third-order valence-electron chi connectivity index (χ3n) is 5.65. The number of ether oxygens (including phenoxy) is 1. The van der Waals surface area contributed by atoms with Crippen LogP contribution in [0.3, 0.4) is 0 Å². The molecule has 0 aliphatic carbocycles. The second kappa shape index (κ2) is 11.0. The van der Waals surface area contributed by atoms with Crippen molar-refractivity contribution in [1.82, 2.24) is 5.01 Å². The van der Waals surface area contributed by atoms with Crippen LogP contribution in [0.5, 0.6) is 0 Å². The van der Waals surface area contributed by atoms with Gasteiger partial charge in [-0.25, -0.2) is 0 Å². The summed E-state index contributed by atoms with van der Waals surface area (Å²) in [5.74, 6) is 0.999. The summed E-state index contributed by atoms with van der Waals surface area (Å²) in [6, 6.07) is 20.3. The summed E-state index contributed by atoms with van der Waals surface area (Å²) >= 11 is 1.97. The van der Waals surface area contributed by atoms with Crippen LogP contribution in [0.2, 0.25) is 0 Å². The lowest BCUT2D eigenvalue weighted by Gasteiger charge is -2.22. The maximum Gasteiger partial charge on any atom is 0.0704 e. The zero-order chi connectivity index (χ0) is 21.4. The Morgan fingerprint density at radius 2 is 1.83 bits per heavy atom. The van der Waals surface area contributed by atoms with Crippen molar-refractivity contribution in [1.29, 1.82) is 0 Å². The van der Waals surface area contributed by atoms with Gasteiger partial charge >= 0.3 is 0 Å². The maximum absolute atomic E-state index is 5.38. The van der Waals surface area contributed by atoms with Crippen LogP contribution in [0.15, 0.2) is 59.7 Å². The van der Waals surface area contributed by atoms with E-state index in [0.29, 0.717) is 11.3 Å². The number of nitrogens with zero attached hydrogens (tertiary/aromatic N) is 2. The van der Waals surface area contributed by atoms with Gasteiger partial charge in [0.1, 0.15) is 0 Å². The molecule has 1 aliphatic rings. The molecule has 4 heteroatoms. The van der Waals surface area contributed by atoms with Crippen molar-refractivity contribution in [2.45, 2.75) is 62.5 Å². The molecule has 0 bridgehead atoms. The van der Waals surface area contributed by atoms with Crippen molar-refractivity contribution in [3.05, 3.63) is 71.3 Å². The van der Waals surface area contributed by atoms with E-state index in [4.69, 9.17) is 9.84 Å². The Bertz CT molecular complexity index is 783. The van der Waals surface area contributed by atoms with E-state index in [-0.39, 0.29) is 5.41 Å². The maximum atomic E-state index is 5.38. The minimum atomic E-state index is 0.188. The Balaban J connectivity index is 1.69. The summed E-state index contributed by atoms with van der Waals surface area (Å²) in [6.45, 7) is 8.58. The Kier molecular flexibility index (Phi) is 8.41. The van der Waals surface area contributed by atoms with Crippen molar-refractivity contribution < 1.29 is 4.74 Å². The van der Waals surface area contributed by atoms with Gasteiger partial charge in [0.25, 0.3) is 0 Å². The molecule has 1 saturated heterocycles. The molecule has 1 aliphatic heterocycles. The number of hydrogen-bond donors (Lipinski definition) is 0. The molecule has 0 aromatic heterocycles. The molecule has 1 fully saturated rings. The highest BCUT2D eigenvalue weighted by atomic mass is 32.2. The lowest BCUT2D eigenvalue weighted by Crippen LogP contribution is -2.29. The quantitative estimate of drug-likeness (QED) is 0.467. The van der Waals surface area contributed by atoms with Crippen molar-refractivity contribution in [3.63, 3.8) is 0 Å². The average molecular weight is 425 g/mol. The van der Waals surface area contributed by atoms with E-state index in [1.54, 1.807) is 7.11 Å². The van der Waals surface area contributed by atoms with Gasteiger partial charge in [-0.3, -0.25) is 5.01 Å². The SMILES string of the molecule is COC[C@@H]1CCCN1/N=C/[C@H](Cc1ccc(C(C)(C)C)cc1)SCc1ccccc1. The van der Waals surface area contributed by atoms with Crippen molar-refractivity contribution in [3.8, 4) is 0 Å². The highest BCUT2D eigenvalue weighted by Gasteiger charge is 2.23. The molecule has 1 heterocycles. The molecular formula is C26H36N2OS. The minimum absolute atomic E-state index is 0.188. The average Bonchev–Trinajstić information content (AvgIpc) is 3.18. The van der Waals surface area contributed by atoms with Gasteiger partial charge in [-0.15, -0.1) is 11.8 Å². The minimum Gasteiger partial charge on any atom is -0.382 e. The van der Waals surface area contributed by atoms with Crippen molar-refractivity contribution >= 4 is 18.0 Å². The fourth-order valence-electron chi connectivity index (χ4n) is 3.80. The molecule has 0 unspecified atom stereocenters. The fraction of sp³-hybridized carbons (Fsp3) is 0.500. The molecular weight excluding hydrogens is 388 g/mol. The van der Waals surface area contributed by atoms with E-state index in [1.807, 2.05) is 11.8 Å². The number of hydrazone groups is 1. The molecule has 0 N–H and O–H groups in total. The number of benzene rings is 2. The van der Waals surface area contributed by atoms with Gasteiger partial charge in [0, 0.05) is 30.9 Å². The predicted octanol–water partition coefficient (Wildman–Crippen LogP) is 5.93. The highest BCUT2D eigenvalue weighted by molar-refractivity contribution is 7.99. The topological polar surface area (TPSA) is 24.8 Å². The molecule has 30 heavy (non-hydrogen) atoms. The summed E-state index contributed by atoms with van der Waals surface area (Å²) in [7, 11) is 1.78. The molecule has 0 radical (unpaired) electrons. The van der Waals surface area contributed by atoms with E-state index >= 15 is 0 Å². The summed E-state index contributed by atoms with van der Waals surface area (Å²) in [5, 5.41) is 7.46. The van der Waals surface area contributed by atoms with Crippen molar-refractivity contribution in [2.24, 2.45) is 5.10 Å². The second-order valence-electron chi connectivity index (χ2n) is 9.17. The lowest BCUT2D eigenvalue weighted by molar-refractivity contribution is 0.118. The van der Waals surface area contributed by atoms with Gasteiger partial charge in [-0.05, 0) is 41.4 Å². The molecule has 3 rings (SSSR count). The van der Waals surface area contributed by atoms with Crippen LogP contribution >= 0.6 is 11.8 Å². The largest absolute Gasteiger partial charge is 0.382 e. The third-order valence-corrected chi connectivity index (χ3v) is 6.87. The standard InChI is InChI=1S/C26H36N2OS/c1-26(2,3)23-14-12-21(13-15-23)17-25(30-20-22-9-6-5-7-10-22)18-27-28-16-8-11-24(28)19-29-4/h5-7,9-10,12-15,18,24-25H,8,11,16-17,19-20H2,1-4H3/b27-18+/t24-,25-/m0/s1. The molecule has 0 amide bonds. The summed E-state index contributed by atoms with van der Waals surface area (Å²) < 4.78 is 5.38. The van der Waals surface area contributed by atoms with Crippen LogP contribution in [0, 0.1) is 0 Å². The van der Waals surface area contributed by atoms with Gasteiger partial charge in [0.05, 0.1) is 12.6 Å². The van der Waals surface area contributed by atoms with Gasteiger partial charge < -0.3 is 4.74 Å². The van der Waals surface area contributed by atoms with E-state index in [1.165, 1.54) is 29.5 Å². The summed E-state index contributed by atoms with van der Waals surface area (Å²) in [5.41, 5.74) is 4.30. The fourth-order valence-corrected chi connectivity index (χ4v) is 4.85. The Morgan fingerprint density at radius 1 is 1.10 bits per heavy atom. The van der Waals surface area contributed by atoms with E-state index < -0.39 is 0 Å². The first kappa shape index (κ1) is 22.9. The molecule has 2 atom stereocenters. The van der Waals surface area contributed by atoms with Crippen LogP contribution in [0.25, 0.3) is 0 Å². The number of rotatable bonds is 9. The van der Waals surface area contributed by atoms with Gasteiger partial charge in [0.15, 0.2) is 0 Å². The van der Waals surface area contributed by atoms with Crippen LogP contribution in [0.1, 0.15) is 50.3 Å². The smallest absolute Gasteiger partial charge is 0.0704 e. The predicted molar refractivity (Wildman–Crippen MR) is 130 cm³/mol. The van der Waals surface area contributed by atoms with Crippen LogP contribution in [0.4, 0.5) is 0 Å². The van der Waals surface area contributed by atoms with Crippen LogP contribution in [-0.2, 0) is 22.3 Å². The molecule has 0 spiro atoms. The molecule has 2 aromatic rings. The molecule has 0 saturated carbocycles. The zero-order valence-electron chi connectivity index (χ0n) is 18.9. The van der Waals surface area contributed by atoms with E-state index in [2.05, 4.69) is 86.6 Å². The Morgan fingerprint density at radius 3 is 2.50 bits per heavy atom. The molecule has 162 valence electrons. The van der Waals surface area contributed by atoms with Gasteiger partial charge in [0.2, 0.25) is 0 Å². The summed E-state index contributed by atoms with van der Waals surface area (Å²) in [4.78, 5) is 0. The summed E-state index contributed by atoms with van der Waals surface area (Å²) in [6.07, 6.45) is 5.52. The van der Waals surface area contributed by atoms with E-state index in [0.717, 1.165) is 25.3 Å². The highest BCUT2D eigenvalue weighted by Crippen LogP contribution is 2.25. The van der Waals surface area contributed by atoms with E-state index in [9.17, 15) is 0 Å². The first-order valence-corrected chi connectivity index (χ1v) is 12.0. The molecule has 2 aromatic carbocycles. The van der Waals surface area contributed by atoms with Crippen molar-refractivity contribution in [2.75, 3.05) is 20.3 Å². The first-order valence-electron chi connectivity index (χ1n) is 11.0. The van der Waals surface area contributed by atoms with Crippen LogP contribution in [-0.4, -0.2) is 42.8 Å². The van der Waals surface area contributed by atoms with Gasteiger partial charge in [-0.1, -0.05) is 75.4 Å². The monoisotopic (exact) mass is 424 g/mol. The number of methoxy groups -OCH3 is 1. The zero-order valence-corrected chi connectivity index (χ0v) is 19.7.